The van der Waals surface area contributed by atoms with Crippen molar-refractivity contribution in [2.24, 2.45) is 17.1 Å². The molecule has 1 saturated carbocycles. The molecule has 1 heterocycles. The van der Waals surface area contributed by atoms with Crippen LogP contribution in [0.15, 0.2) is 0 Å². The predicted octanol–water partition coefficient (Wildman–Crippen LogP) is 1.68. The van der Waals surface area contributed by atoms with E-state index >= 15 is 0 Å². The van der Waals surface area contributed by atoms with Crippen LogP contribution in [0.4, 0.5) is 0 Å². The zero-order valence-electron chi connectivity index (χ0n) is 11.6. The molecule has 2 rings (SSSR count). The number of carbonyl (C=O) groups excluding carboxylic acids is 2. The number of hydrogen-bond donors (Lipinski definition) is 1. The van der Waals surface area contributed by atoms with Crippen LogP contribution in [0.25, 0.3) is 0 Å². The maximum atomic E-state index is 12.6. The summed E-state index contributed by atoms with van der Waals surface area (Å²) in [4.78, 5) is 26.3. The summed E-state index contributed by atoms with van der Waals surface area (Å²) in [5.41, 5.74) is 5.57. The molecule has 2 N–H and O–H groups in total. The fourth-order valence-corrected chi connectivity index (χ4v) is 3.11. The molecule has 0 aromatic heterocycles. The fraction of sp³-hybridized carbons (Fsp3) is 0.857. The molecule has 2 aliphatic rings. The highest BCUT2D eigenvalue weighted by molar-refractivity contribution is 6.06. The molecule has 1 aliphatic carbocycles. The first-order chi connectivity index (χ1) is 8.38. The Kier molecular flexibility index (Phi) is 3.49. The lowest BCUT2D eigenvalue weighted by molar-refractivity contribution is -0.145. The van der Waals surface area contributed by atoms with Gasteiger partial charge in [0.25, 0.3) is 0 Å². The predicted molar refractivity (Wildman–Crippen MR) is 69.6 cm³/mol. The largest absolute Gasteiger partial charge is 0.326 e. The second-order valence-corrected chi connectivity index (χ2v) is 6.33. The maximum Gasteiger partial charge on any atom is 0.236 e. The second-order valence-electron chi connectivity index (χ2n) is 6.33. The molecule has 0 bridgehead atoms. The number of amides is 2. The number of hydrogen-bond acceptors (Lipinski definition) is 3. The van der Waals surface area contributed by atoms with Crippen molar-refractivity contribution in [2.75, 3.05) is 0 Å². The summed E-state index contributed by atoms with van der Waals surface area (Å²) in [5.74, 6) is 0.141. The van der Waals surface area contributed by atoms with Gasteiger partial charge in [-0.1, -0.05) is 26.7 Å². The van der Waals surface area contributed by atoms with Crippen molar-refractivity contribution in [3.63, 3.8) is 0 Å². The Morgan fingerprint density at radius 2 is 1.89 bits per heavy atom. The van der Waals surface area contributed by atoms with Crippen molar-refractivity contribution in [1.82, 2.24) is 4.90 Å². The topological polar surface area (TPSA) is 63.4 Å². The molecule has 0 aromatic rings. The van der Waals surface area contributed by atoms with E-state index in [-0.39, 0.29) is 29.8 Å². The fourth-order valence-electron chi connectivity index (χ4n) is 3.11. The van der Waals surface area contributed by atoms with Crippen molar-refractivity contribution in [1.29, 1.82) is 0 Å². The highest BCUT2D eigenvalue weighted by atomic mass is 16.2. The van der Waals surface area contributed by atoms with Gasteiger partial charge in [-0.2, -0.15) is 0 Å². The minimum absolute atomic E-state index is 0.00940. The van der Waals surface area contributed by atoms with Crippen LogP contribution in [0.2, 0.25) is 0 Å². The molecular weight excluding hydrogens is 228 g/mol. The zero-order valence-corrected chi connectivity index (χ0v) is 11.6. The molecule has 1 saturated heterocycles. The SMILES string of the molecule is CC(C)C1(C)CC(=O)N(C2CCCCC2N)C1=O. The van der Waals surface area contributed by atoms with Crippen LogP contribution in [0.1, 0.15) is 52.9 Å². The number of rotatable bonds is 2. The van der Waals surface area contributed by atoms with E-state index in [4.69, 9.17) is 5.73 Å². The lowest BCUT2D eigenvalue weighted by Gasteiger charge is -2.36. The van der Waals surface area contributed by atoms with Crippen LogP contribution in [-0.2, 0) is 9.59 Å². The maximum absolute atomic E-state index is 12.6. The summed E-state index contributed by atoms with van der Waals surface area (Å²) in [6, 6.07) is -0.111. The van der Waals surface area contributed by atoms with Gasteiger partial charge in [0.15, 0.2) is 0 Å². The van der Waals surface area contributed by atoms with Crippen LogP contribution >= 0.6 is 0 Å². The van der Waals surface area contributed by atoms with E-state index in [1.165, 1.54) is 4.90 Å². The first kappa shape index (κ1) is 13.5. The van der Waals surface area contributed by atoms with Gasteiger partial charge in [0.2, 0.25) is 11.8 Å². The lowest BCUT2D eigenvalue weighted by atomic mass is 9.77. The Labute approximate surface area is 109 Å². The normalized spacial score (nSPS) is 37.7. The summed E-state index contributed by atoms with van der Waals surface area (Å²) < 4.78 is 0. The number of imide groups is 1. The molecule has 0 radical (unpaired) electrons. The second kappa shape index (κ2) is 4.65. The molecule has 1 aliphatic heterocycles. The highest BCUT2D eigenvalue weighted by Crippen LogP contribution is 2.41. The molecule has 2 amide bonds. The van der Waals surface area contributed by atoms with Gasteiger partial charge in [-0.15, -0.1) is 0 Å². The molecular formula is C14H24N2O2. The molecule has 0 spiro atoms. The summed E-state index contributed by atoms with van der Waals surface area (Å²) in [7, 11) is 0. The molecule has 102 valence electrons. The first-order valence-electron chi connectivity index (χ1n) is 7.00. The van der Waals surface area contributed by atoms with E-state index in [1.807, 2.05) is 20.8 Å². The minimum atomic E-state index is -0.533. The van der Waals surface area contributed by atoms with Crippen LogP contribution in [0, 0.1) is 11.3 Å². The third kappa shape index (κ3) is 1.96. The summed E-state index contributed by atoms with van der Waals surface area (Å²) in [6.45, 7) is 5.93. The van der Waals surface area contributed by atoms with Gasteiger partial charge in [0.1, 0.15) is 0 Å². The van der Waals surface area contributed by atoms with Gasteiger partial charge in [-0.05, 0) is 25.7 Å². The molecule has 18 heavy (non-hydrogen) atoms. The van der Waals surface area contributed by atoms with Crippen LogP contribution in [0.5, 0.6) is 0 Å². The first-order valence-corrected chi connectivity index (χ1v) is 7.00. The molecule has 4 nitrogen and oxygen atoms in total. The number of nitrogens with zero attached hydrogens (tertiary/aromatic N) is 1. The lowest BCUT2D eigenvalue weighted by Crippen LogP contribution is -2.53. The van der Waals surface area contributed by atoms with Gasteiger partial charge in [0.05, 0.1) is 11.5 Å². The van der Waals surface area contributed by atoms with E-state index in [1.54, 1.807) is 0 Å². The van der Waals surface area contributed by atoms with E-state index in [0.717, 1.165) is 25.7 Å². The van der Waals surface area contributed by atoms with Crippen molar-refractivity contribution in [3.8, 4) is 0 Å². The van der Waals surface area contributed by atoms with Crippen molar-refractivity contribution < 1.29 is 9.59 Å². The molecule has 3 unspecified atom stereocenters. The summed E-state index contributed by atoms with van der Waals surface area (Å²) in [5, 5.41) is 0. The van der Waals surface area contributed by atoms with Crippen LogP contribution in [0.3, 0.4) is 0 Å². The quantitative estimate of drug-likeness (QED) is 0.760. The third-order valence-electron chi connectivity index (χ3n) is 4.88. The Bertz CT molecular complexity index is 367. The van der Waals surface area contributed by atoms with Crippen molar-refractivity contribution in [3.05, 3.63) is 0 Å². The van der Waals surface area contributed by atoms with Crippen molar-refractivity contribution >= 4 is 11.8 Å². The average Bonchev–Trinajstić information content (AvgIpc) is 2.53. The monoisotopic (exact) mass is 252 g/mol. The number of nitrogens with two attached hydrogens (primary N) is 1. The van der Waals surface area contributed by atoms with E-state index in [2.05, 4.69) is 0 Å². The van der Waals surface area contributed by atoms with Crippen LogP contribution < -0.4 is 5.73 Å². The van der Waals surface area contributed by atoms with Gasteiger partial charge in [-0.3, -0.25) is 14.5 Å². The summed E-state index contributed by atoms with van der Waals surface area (Å²) >= 11 is 0. The highest BCUT2D eigenvalue weighted by Gasteiger charge is 2.52. The Balaban J connectivity index is 2.24. The van der Waals surface area contributed by atoms with Crippen LogP contribution in [-0.4, -0.2) is 28.8 Å². The van der Waals surface area contributed by atoms with Gasteiger partial charge < -0.3 is 5.73 Å². The minimum Gasteiger partial charge on any atom is -0.326 e. The molecule has 3 atom stereocenters. The Morgan fingerprint density at radius 1 is 1.28 bits per heavy atom. The smallest absolute Gasteiger partial charge is 0.236 e. The zero-order chi connectivity index (χ0) is 13.5. The van der Waals surface area contributed by atoms with Gasteiger partial charge in [0, 0.05) is 12.5 Å². The Morgan fingerprint density at radius 3 is 2.39 bits per heavy atom. The van der Waals surface area contributed by atoms with E-state index in [0.29, 0.717) is 6.42 Å². The van der Waals surface area contributed by atoms with Crippen molar-refractivity contribution in [2.45, 2.75) is 65.0 Å². The Hall–Kier alpha value is -0.900. The number of likely N-dealkylation sites (tertiary alicyclic amines) is 1. The third-order valence-corrected chi connectivity index (χ3v) is 4.88. The summed E-state index contributed by atoms with van der Waals surface area (Å²) in [6.07, 6.45) is 4.29. The molecule has 4 heteroatoms. The standard InChI is InChI=1S/C14H24N2O2/c1-9(2)14(3)8-12(17)16(13(14)18)11-7-5-4-6-10(11)15/h9-11H,4-8,15H2,1-3H3. The average molecular weight is 252 g/mol. The van der Waals surface area contributed by atoms with Gasteiger partial charge >= 0.3 is 0 Å². The molecule has 2 fully saturated rings. The van der Waals surface area contributed by atoms with E-state index in [9.17, 15) is 9.59 Å². The van der Waals surface area contributed by atoms with E-state index < -0.39 is 5.41 Å². The number of carbonyl (C=O) groups is 2. The molecule has 0 aromatic carbocycles. The van der Waals surface area contributed by atoms with Gasteiger partial charge in [-0.25, -0.2) is 0 Å².